The summed E-state index contributed by atoms with van der Waals surface area (Å²) < 4.78 is 5.58. The summed E-state index contributed by atoms with van der Waals surface area (Å²) in [6, 6.07) is 6.61. The smallest absolute Gasteiger partial charge is 0.247 e. The average Bonchev–Trinajstić information content (AvgIpc) is 3.47. The minimum absolute atomic E-state index is 0.289. The number of rotatable bonds is 9. The molecule has 0 saturated carbocycles. The fourth-order valence-corrected chi connectivity index (χ4v) is 5.26. The Morgan fingerprint density at radius 3 is 2.53 bits per heavy atom. The number of amides is 3. The van der Waals surface area contributed by atoms with Crippen LogP contribution in [0.25, 0.3) is 10.9 Å². The van der Waals surface area contributed by atoms with Gasteiger partial charge in [-0.25, -0.2) is 9.97 Å². The summed E-state index contributed by atoms with van der Waals surface area (Å²) in [5.41, 5.74) is 0.932. The molecule has 43 heavy (non-hydrogen) atoms. The number of ether oxygens (including phenoxy) is 1. The lowest BCUT2D eigenvalue weighted by molar-refractivity contribution is -0.143. The molecule has 2 aromatic carbocycles. The molecule has 4 N–H and O–H groups in total. The third-order valence-corrected chi connectivity index (χ3v) is 8.30. The monoisotopic (exact) mass is 629 g/mol. The predicted octanol–water partition coefficient (Wildman–Crippen LogP) is 4.76. The number of anilines is 3. The van der Waals surface area contributed by atoms with Crippen LogP contribution in [-0.2, 0) is 14.4 Å². The molecule has 3 amide bonds. The Bertz CT molecular complexity index is 1530. The maximum Gasteiger partial charge on any atom is 0.247 e. The third-order valence-electron chi connectivity index (χ3n) is 7.48. The van der Waals surface area contributed by atoms with E-state index < -0.39 is 23.5 Å². The number of halogens is 2. The molecule has 2 heterocycles. The van der Waals surface area contributed by atoms with Crippen molar-refractivity contribution >= 4 is 69.0 Å². The van der Waals surface area contributed by atoms with E-state index >= 15 is 0 Å². The molecule has 0 radical (unpaired) electrons. The molecule has 0 bridgehead atoms. The molecule has 0 spiro atoms. The molecule has 3 aromatic rings. The number of fused-ring (bicyclic) bond motifs is 1. The maximum atomic E-state index is 13.8. The van der Waals surface area contributed by atoms with Gasteiger partial charge in [-0.05, 0) is 50.4 Å². The zero-order valence-corrected chi connectivity index (χ0v) is 26.6. The lowest BCUT2D eigenvalue weighted by atomic mass is 9.85. The summed E-state index contributed by atoms with van der Waals surface area (Å²) in [7, 11) is 3.18. The van der Waals surface area contributed by atoms with Crippen LogP contribution in [0.1, 0.15) is 40.5 Å². The van der Waals surface area contributed by atoms with Gasteiger partial charge in [-0.3, -0.25) is 14.4 Å². The van der Waals surface area contributed by atoms with Gasteiger partial charge in [0.1, 0.15) is 30.0 Å². The third kappa shape index (κ3) is 7.11. The van der Waals surface area contributed by atoms with Gasteiger partial charge in [0.25, 0.3) is 0 Å². The van der Waals surface area contributed by atoms with E-state index in [2.05, 4.69) is 31.2 Å². The average molecular weight is 631 g/mol. The van der Waals surface area contributed by atoms with E-state index in [4.69, 9.17) is 27.9 Å². The minimum atomic E-state index is -0.816. The highest BCUT2D eigenvalue weighted by Crippen LogP contribution is 2.36. The Morgan fingerprint density at radius 2 is 1.86 bits per heavy atom. The van der Waals surface area contributed by atoms with Crippen molar-refractivity contribution in [1.29, 1.82) is 0 Å². The summed E-state index contributed by atoms with van der Waals surface area (Å²) >= 11 is 12.6. The second-order valence-electron chi connectivity index (χ2n) is 11.5. The van der Waals surface area contributed by atoms with Gasteiger partial charge in [0.05, 0.1) is 40.1 Å². The van der Waals surface area contributed by atoms with E-state index in [9.17, 15) is 14.4 Å². The van der Waals surface area contributed by atoms with Crippen LogP contribution >= 0.6 is 23.2 Å². The van der Waals surface area contributed by atoms with Crippen LogP contribution in [0.4, 0.5) is 17.2 Å². The second kappa shape index (κ2) is 13.3. The number of hydrogen-bond donors (Lipinski definition) is 4. The van der Waals surface area contributed by atoms with Crippen LogP contribution in [0.15, 0.2) is 36.7 Å². The van der Waals surface area contributed by atoms with Crippen molar-refractivity contribution in [3.05, 3.63) is 46.7 Å². The topological polar surface area (TPSA) is 138 Å². The van der Waals surface area contributed by atoms with Gasteiger partial charge in [-0.1, -0.05) is 50.0 Å². The van der Waals surface area contributed by atoms with E-state index in [0.29, 0.717) is 63.3 Å². The normalized spacial score (nSPS) is 16.5. The Morgan fingerprint density at radius 1 is 1.12 bits per heavy atom. The Hall–Kier alpha value is -3.67. The summed E-state index contributed by atoms with van der Waals surface area (Å²) in [5.74, 6) is -0.115. The van der Waals surface area contributed by atoms with Crippen molar-refractivity contribution in [2.45, 2.75) is 58.7 Å². The largest absolute Gasteiger partial charge is 0.494 e. The summed E-state index contributed by atoms with van der Waals surface area (Å²) in [6.45, 7) is 7.77. The number of carbonyl (C=O) groups is 3. The zero-order chi connectivity index (χ0) is 31.5. The number of hydrogen-bond acceptors (Lipinski definition) is 8. The fourth-order valence-electron chi connectivity index (χ4n) is 4.91. The molecule has 230 valence electrons. The highest BCUT2D eigenvalue weighted by atomic mass is 35.5. The highest BCUT2D eigenvalue weighted by molar-refractivity contribution is 6.43. The van der Waals surface area contributed by atoms with E-state index in [1.54, 1.807) is 49.2 Å². The molecule has 13 heteroatoms. The van der Waals surface area contributed by atoms with Crippen molar-refractivity contribution in [2.24, 2.45) is 5.41 Å². The van der Waals surface area contributed by atoms with E-state index in [0.717, 1.165) is 0 Å². The van der Waals surface area contributed by atoms with Crippen molar-refractivity contribution < 1.29 is 19.1 Å². The molecule has 3 atom stereocenters. The molecule has 0 unspecified atom stereocenters. The first-order chi connectivity index (χ1) is 20.3. The number of likely N-dealkylation sites (N-methyl/N-ethyl adjacent to an activating group) is 1. The standard InChI is InChI=1S/C30H37Cl2N7O4/c1-16(33-5)27(40)38-25(30(2,3)4)29(42)39-12-8-11-22(39)28(41)37-21-13-17-20(14-23(21)43-6)34-15-35-26(17)36-19-10-7-9-18(31)24(19)32/h7,9-10,13-16,22,25,33H,8,11-12H2,1-6H3,(H,37,41)(H,38,40)(H,34,35,36)/t16-,22-,25+/m0/s1. The number of methoxy groups -OCH3 is 1. The predicted molar refractivity (Wildman–Crippen MR) is 169 cm³/mol. The molecule has 11 nitrogen and oxygen atoms in total. The number of benzene rings is 2. The Balaban J connectivity index is 1.61. The highest BCUT2D eigenvalue weighted by Gasteiger charge is 2.42. The first-order valence-electron chi connectivity index (χ1n) is 14.0. The van der Waals surface area contributed by atoms with E-state index in [1.807, 2.05) is 20.8 Å². The van der Waals surface area contributed by atoms with Crippen molar-refractivity contribution in [2.75, 3.05) is 31.3 Å². The van der Waals surface area contributed by atoms with E-state index in [1.165, 1.54) is 13.4 Å². The summed E-state index contributed by atoms with van der Waals surface area (Å²) in [5, 5.41) is 13.2. The molecule has 0 aliphatic carbocycles. The van der Waals surface area contributed by atoms with Gasteiger partial charge in [0.2, 0.25) is 17.7 Å². The molecule has 1 fully saturated rings. The van der Waals surface area contributed by atoms with Gasteiger partial charge >= 0.3 is 0 Å². The first kappa shape index (κ1) is 32.2. The molecular weight excluding hydrogens is 593 g/mol. The number of aromatic nitrogens is 2. The molecule has 4 rings (SSSR count). The molecule has 1 saturated heterocycles. The van der Waals surface area contributed by atoms with Crippen molar-refractivity contribution in [3.8, 4) is 5.75 Å². The van der Waals surface area contributed by atoms with Gasteiger partial charge in [-0.2, -0.15) is 0 Å². The number of nitrogens with zero attached hydrogens (tertiary/aromatic N) is 3. The first-order valence-corrected chi connectivity index (χ1v) is 14.7. The van der Waals surface area contributed by atoms with Crippen LogP contribution in [0.3, 0.4) is 0 Å². The lowest BCUT2D eigenvalue weighted by Crippen LogP contribution is -2.59. The lowest BCUT2D eigenvalue weighted by Gasteiger charge is -2.36. The number of carbonyl (C=O) groups excluding carboxylic acids is 3. The van der Waals surface area contributed by atoms with Gasteiger partial charge in [0, 0.05) is 18.0 Å². The van der Waals surface area contributed by atoms with Crippen LogP contribution in [0, 0.1) is 5.41 Å². The van der Waals surface area contributed by atoms with Gasteiger partial charge in [-0.15, -0.1) is 0 Å². The molecular formula is C30H37Cl2N7O4. The molecule has 1 aliphatic heterocycles. The molecule has 1 aliphatic rings. The van der Waals surface area contributed by atoms with Gasteiger partial charge in [0.15, 0.2) is 0 Å². The maximum absolute atomic E-state index is 13.8. The van der Waals surface area contributed by atoms with Crippen LogP contribution in [0.2, 0.25) is 10.0 Å². The quantitative estimate of drug-likeness (QED) is 0.266. The van der Waals surface area contributed by atoms with Crippen LogP contribution < -0.4 is 26.0 Å². The summed E-state index contributed by atoms with van der Waals surface area (Å²) in [6.07, 6.45) is 2.54. The van der Waals surface area contributed by atoms with Crippen molar-refractivity contribution in [1.82, 2.24) is 25.5 Å². The fraction of sp³-hybridized carbons (Fsp3) is 0.433. The number of likely N-dealkylation sites (tertiary alicyclic amines) is 1. The van der Waals surface area contributed by atoms with Crippen molar-refractivity contribution in [3.63, 3.8) is 0 Å². The number of nitrogens with one attached hydrogen (secondary N) is 4. The van der Waals surface area contributed by atoms with Crippen LogP contribution in [-0.4, -0.2) is 71.4 Å². The Kier molecular flexibility index (Phi) is 9.99. The van der Waals surface area contributed by atoms with E-state index in [-0.39, 0.29) is 17.7 Å². The molecule has 1 aromatic heterocycles. The zero-order valence-electron chi connectivity index (χ0n) is 25.0. The summed E-state index contributed by atoms with van der Waals surface area (Å²) in [4.78, 5) is 50.5. The van der Waals surface area contributed by atoms with Gasteiger partial charge < -0.3 is 30.9 Å². The minimum Gasteiger partial charge on any atom is -0.494 e. The Labute approximate surface area is 261 Å². The van der Waals surface area contributed by atoms with Crippen LogP contribution in [0.5, 0.6) is 5.75 Å². The second-order valence-corrected chi connectivity index (χ2v) is 12.3. The SMILES string of the molecule is CN[C@@H](C)C(=O)N[C@H](C(=O)N1CCC[C@H]1C(=O)Nc1cc2c(Nc3cccc(Cl)c3Cl)ncnc2cc1OC)C(C)(C)C.